The van der Waals surface area contributed by atoms with E-state index in [9.17, 15) is 18.3 Å². The summed E-state index contributed by atoms with van der Waals surface area (Å²) in [6.07, 6.45) is 4.92. The molecule has 1 N–H and O–H groups in total. The lowest BCUT2D eigenvalue weighted by Crippen LogP contribution is -2.31. The Morgan fingerprint density at radius 1 is 1.30 bits per heavy atom. The zero-order valence-electron chi connectivity index (χ0n) is 10.7. The monoisotopic (exact) mass is 312 g/mol. The maximum Gasteiger partial charge on any atom is 0.332 e. The zero-order valence-corrected chi connectivity index (χ0v) is 12.2. The minimum atomic E-state index is -3.66. The van der Waals surface area contributed by atoms with Gasteiger partial charge in [0.05, 0.1) is 0 Å². The second-order valence-corrected chi connectivity index (χ2v) is 7.69. The van der Waals surface area contributed by atoms with E-state index in [1.54, 1.807) is 24.3 Å². The SMILES string of the molecule is CS(=O)(=O)C1(Cl)C=CC(c2ccccc2)C(C(=O)O)=C1. The van der Waals surface area contributed by atoms with E-state index in [4.69, 9.17) is 11.6 Å². The first-order chi connectivity index (χ1) is 9.24. The Kier molecular flexibility index (Phi) is 3.75. The molecule has 0 aromatic heterocycles. The Bertz CT molecular complexity index is 691. The second kappa shape index (κ2) is 5.07. The van der Waals surface area contributed by atoms with Crippen molar-refractivity contribution in [1.82, 2.24) is 0 Å². The van der Waals surface area contributed by atoms with Crippen LogP contribution in [0.15, 0.2) is 54.1 Å². The van der Waals surface area contributed by atoms with Crippen LogP contribution in [-0.4, -0.2) is 30.0 Å². The van der Waals surface area contributed by atoms with Crippen LogP contribution in [0, 0.1) is 0 Å². The Hall–Kier alpha value is -1.59. The summed E-state index contributed by atoms with van der Waals surface area (Å²) in [6.45, 7) is 0. The van der Waals surface area contributed by atoms with Gasteiger partial charge in [0.1, 0.15) is 0 Å². The van der Waals surface area contributed by atoms with Crippen LogP contribution in [0.5, 0.6) is 0 Å². The van der Waals surface area contributed by atoms with Gasteiger partial charge in [-0.15, -0.1) is 0 Å². The van der Waals surface area contributed by atoms with Crippen LogP contribution < -0.4 is 0 Å². The van der Waals surface area contributed by atoms with E-state index in [1.165, 1.54) is 12.2 Å². The minimum absolute atomic E-state index is 0.0425. The summed E-state index contributed by atoms with van der Waals surface area (Å²) in [5.74, 6) is -1.70. The fourth-order valence-electron chi connectivity index (χ4n) is 2.06. The van der Waals surface area contributed by atoms with Crippen molar-refractivity contribution in [3.63, 3.8) is 0 Å². The molecular weight excluding hydrogens is 300 g/mol. The molecule has 2 unspecified atom stereocenters. The lowest BCUT2D eigenvalue weighted by molar-refractivity contribution is -0.132. The zero-order chi connectivity index (χ0) is 15.0. The van der Waals surface area contributed by atoms with Crippen molar-refractivity contribution < 1.29 is 18.3 Å². The van der Waals surface area contributed by atoms with Gasteiger partial charge >= 0.3 is 5.97 Å². The fourth-order valence-corrected chi connectivity index (χ4v) is 2.91. The van der Waals surface area contributed by atoms with Gasteiger partial charge in [-0.05, 0) is 17.7 Å². The number of carbonyl (C=O) groups is 1. The van der Waals surface area contributed by atoms with Gasteiger partial charge in [0.2, 0.25) is 0 Å². The molecule has 0 saturated carbocycles. The number of rotatable bonds is 3. The Labute approximate surface area is 122 Å². The summed E-state index contributed by atoms with van der Waals surface area (Å²) in [4.78, 5) is 11.4. The highest BCUT2D eigenvalue weighted by Gasteiger charge is 2.39. The molecule has 0 radical (unpaired) electrons. The summed E-state index contributed by atoms with van der Waals surface area (Å²) in [5.41, 5.74) is 0.726. The molecule has 0 heterocycles. The summed E-state index contributed by atoms with van der Waals surface area (Å²) in [5, 5.41) is 9.31. The highest BCUT2D eigenvalue weighted by Crippen LogP contribution is 2.38. The molecule has 20 heavy (non-hydrogen) atoms. The number of benzene rings is 1. The average molecular weight is 313 g/mol. The molecule has 2 rings (SSSR count). The van der Waals surface area contributed by atoms with Gasteiger partial charge < -0.3 is 5.11 Å². The molecule has 6 heteroatoms. The smallest absolute Gasteiger partial charge is 0.332 e. The van der Waals surface area contributed by atoms with Gasteiger partial charge in [-0.3, -0.25) is 0 Å². The van der Waals surface area contributed by atoms with E-state index < -0.39 is 25.9 Å². The van der Waals surface area contributed by atoms with Crippen LogP contribution >= 0.6 is 11.6 Å². The van der Waals surface area contributed by atoms with Gasteiger partial charge in [-0.25, -0.2) is 13.2 Å². The third kappa shape index (κ3) is 2.64. The summed E-state index contributed by atoms with van der Waals surface area (Å²) in [6, 6.07) is 8.98. The number of allylic oxidation sites excluding steroid dienone is 1. The van der Waals surface area contributed by atoms with Crippen molar-refractivity contribution in [3.8, 4) is 0 Å². The first-order valence-electron chi connectivity index (χ1n) is 5.83. The number of carboxylic acids is 1. The maximum absolute atomic E-state index is 11.7. The Morgan fingerprint density at radius 3 is 2.40 bits per heavy atom. The number of hydrogen-bond donors (Lipinski definition) is 1. The van der Waals surface area contributed by atoms with Crippen molar-refractivity contribution >= 4 is 27.4 Å². The number of alkyl halides is 1. The first kappa shape index (κ1) is 14.8. The summed E-state index contributed by atoms with van der Waals surface area (Å²) >= 11 is 6.03. The summed E-state index contributed by atoms with van der Waals surface area (Å²) in [7, 11) is -3.66. The highest BCUT2D eigenvalue weighted by molar-refractivity contribution is 7.93. The second-order valence-electron chi connectivity index (χ2n) is 4.62. The Balaban J connectivity index is 2.53. The molecule has 1 aromatic rings. The lowest BCUT2D eigenvalue weighted by Gasteiger charge is -2.26. The average Bonchev–Trinajstić information content (AvgIpc) is 2.38. The van der Waals surface area contributed by atoms with Crippen LogP contribution in [0.3, 0.4) is 0 Å². The van der Waals surface area contributed by atoms with Crippen molar-refractivity contribution in [2.45, 2.75) is 10.1 Å². The number of carboxylic acid groups (broad SMARTS) is 1. The molecule has 106 valence electrons. The van der Waals surface area contributed by atoms with Gasteiger partial charge in [0, 0.05) is 17.7 Å². The molecule has 0 fully saturated rings. The molecule has 0 amide bonds. The molecule has 0 aliphatic heterocycles. The lowest BCUT2D eigenvalue weighted by atomic mass is 9.87. The molecule has 1 aliphatic carbocycles. The maximum atomic E-state index is 11.7. The van der Waals surface area contributed by atoms with Crippen molar-refractivity contribution in [2.75, 3.05) is 6.26 Å². The Morgan fingerprint density at radius 2 is 1.90 bits per heavy atom. The molecule has 0 bridgehead atoms. The van der Waals surface area contributed by atoms with Crippen LogP contribution in [-0.2, 0) is 14.6 Å². The van der Waals surface area contributed by atoms with Crippen LogP contribution in [0.2, 0.25) is 0 Å². The van der Waals surface area contributed by atoms with Gasteiger partial charge in [-0.2, -0.15) is 0 Å². The van der Waals surface area contributed by atoms with Crippen molar-refractivity contribution in [3.05, 3.63) is 59.7 Å². The topological polar surface area (TPSA) is 71.4 Å². The largest absolute Gasteiger partial charge is 0.478 e. The van der Waals surface area contributed by atoms with E-state index >= 15 is 0 Å². The van der Waals surface area contributed by atoms with Gasteiger partial charge in [0.15, 0.2) is 14.0 Å². The van der Waals surface area contributed by atoms with Gasteiger partial charge in [0.25, 0.3) is 0 Å². The predicted octanol–water partition coefficient (Wildman–Crippen LogP) is 2.33. The fraction of sp³-hybridized carbons (Fsp3) is 0.214. The van der Waals surface area contributed by atoms with Crippen LogP contribution in [0.1, 0.15) is 11.5 Å². The number of sulfone groups is 1. The van der Waals surface area contributed by atoms with Crippen LogP contribution in [0.4, 0.5) is 0 Å². The van der Waals surface area contributed by atoms with Gasteiger partial charge in [-0.1, -0.05) is 48.0 Å². The number of halogens is 1. The van der Waals surface area contributed by atoms with E-state index in [2.05, 4.69) is 0 Å². The number of hydrogen-bond acceptors (Lipinski definition) is 3. The molecule has 2 atom stereocenters. The summed E-state index contributed by atoms with van der Waals surface area (Å²) < 4.78 is 21.6. The minimum Gasteiger partial charge on any atom is -0.478 e. The normalized spacial score (nSPS) is 26.1. The molecule has 1 aliphatic rings. The van der Waals surface area contributed by atoms with Crippen molar-refractivity contribution in [1.29, 1.82) is 0 Å². The first-order valence-corrected chi connectivity index (χ1v) is 8.10. The third-order valence-corrected chi connectivity index (χ3v) is 5.64. The highest BCUT2D eigenvalue weighted by atomic mass is 35.5. The van der Waals surface area contributed by atoms with E-state index in [0.29, 0.717) is 0 Å². The molecule has 0 spiro atoms. The third-order valence-electron chi connectivity index (χ3n) is 3.18. The molecule has 1 aromatic carbocycles. The van der Waals surface area contributed by atoms with E-state index in [-0.39, 0.29) is 5.57 Å². The molecule has 0 saturated heterocycles. The molecular formula is C14H13ClO4S. The standard InChI is InChI=1S/C14H13ClO4S/c1-20(18,19)14(15)8-7-11(12(9-14)13(16)17)10-5-3-2-4-6-10/h2-9,11H,1H3,(H,16,17). The molecule has 4 nitrogen and oxygen atoms in total. The number of aliphatic carboxylic acids is 1. The van der Waals surface area contributed by atoms with Crippen molar-refractivity contribution in [2.24, 2.45) is 0 Å². The van der Waals surface area contributed by atoms with E-state index in [0.717, 1.165) is 17.9 Å². The predicted molar refractivity (Wildman–Crippen MR) is 77.5 cm³/mol. The van der Waals surface area contributed by atoms with E-state index in [1.807, 2.05) is 6.07 Å². The quantitative estimate of drug-likeness (QED) is 0.687. The van der Waals surface area contributed by atoms with Crippen LogP contribution in [0.25, 0.3) is 0 Å².